The number of nitrogens with zero attached hydrogens (tertiary/aromatic N) is 1. The van der Waals surface area contributed by atoms with Crippen LogP contribution < -0.4 is 0 Å². The van der Waals surface area contributed by atoms with Gasteiger partial charge in [-0.05, 0) is 13.0 Å². The smallest absolute Gasteiger partial charge is 0.348 e. The third-order valence-electron chi connectivity index (χ3n) is 0.924. The van der Waals surface area contributed by atoms with Gasteiger partial charge in [-0.25, -0.2) is 4.79 Å². The molecule has 0 heterocycles. The highest BCUT2D eigenvalue weighted by molar-refractivity contribution is 6.69. The Bertz CT molecular complexity index is 262. The molecular formula is C7H6Cl3NO2. The molecule has 0 N–H and O–H groups in total. The summed E-state index contributed by atoms with van der Waals surface area (Å²) in [4.78, 5) is 11.0. The third kappa shape index (κ3) is 5.75. The van der Waals surface area contributed by atoms with Gasteiger partial charge in [0.25, 0.3) is 0 Å². The Labute approximate surface area is 90.8 Å². The topological polar surface area (TPSA) is 50.1 Å². The number of hydrogen-bond acceptors (Lipinski definition) is 3. The van der Waals surface area contributed by atoms with Crippen LogP contribution in [0.4, 0.5) is 0 Å². The van der Waals surface area contributed by atoms with Crippen LogP contribution in [-0.2, 0) is 9.53 Å². The Balaban J connectivity index is 4.64. The first-order valence-corrected chi connectivity index (χ1v) is 4.41. The molecule has 72 valence electrons. The summed E-state index contributed by atoms with van der Waals surface area (Å²) in [6, 6.07) is 1.58. The molecule has 0 aliphatic rings. The highest BCUT2D eigenvalue weighted by Crippen LogP contribution is 2.28. The number of hydrogen-bond donors (Lipinski definition) is 0. The van der Waals surface area contributed by atoms with Crippen molar-refractivity contribution in [3.8, 4) is 6.07 Å². The molecule has 0 saturated carbocycles. The summed E-state index contributed by atoms with van der Waals surface area (Å²) in [5.74, 6) is -0.795. The fraction of sp³-hybridized carbons (Fsp3) is 0.429. The molecule has 0 aliphatic carbocycles. The van der Waals surface area contributed by atoms with Crippen molar-refractivity contribution >= 4 is 40.8 Å². The molecule has 6 heteroatoms. The molecule has 0 radical (unpaired) electrons. The molecule has 0 aromatic carbocycles. The quantitative estimate of drug-likeness (QED) is 0.323. The van der Waals surface area contributed by atoms with Crippen LogP contribution in [-0.4, -0.2) is 16.4 Å². The van der Waals surface area contributed by atoms with Crippen molar-refractivity contribution in [3.05, 3.63) is 11.6 Å². The second-order valence-electron chi connectivity index (χ2n) is 1.93. The van der Waals surface area contributed by atoms with Crippen LogP contribution in [0.15, 0.2) is 11.6 Å². The summed E-state index contributed by atoms with van der Waals surface area (Å²) < 4.78 is 2.77. The number of allylic oxidation sites excluding steroid dienone is 1. The van der Waals surface area contributed by atoms with Gasteiger partial charge < -0.3 is 4.74 Å². The van der Waals surface area contributed by atoms with Crippen molar-refractivity contribution in [1.29, 1.82) is 5.26 Å². The molecule has 0 aromatic heterocycles. The standard InChI is InChI=1S/C7H6Cl3NO2/c1-2-13-6(12)5(4-11)3-7(8,9)10/h3H,2H2,1H3/b5-3+. The molecule has 0 spiro atoms. The number of carbonyl (C=O) groups excluding carboxylic acids is 1. The summed E-state index contributed by atoms with van der Waals surface area (Å²) in [5.41, 5.74) is -0.318. The van der Waals surface area contributed by atoms with Gasteiger partial charge in [-0.2, -0.15) is 5.26 Å². The van der Waals surface area contributed by atoms with Crippen LogP contribution in [0.2, 0.25) is 0 Å². The normalized spacial score (nSPS) is 12.1. The predicted molar refractivity (Wildman–Crippen MR) is 50.6 cm³/mol. The largest absolute Gasteiger partial charge is 0.462 e. The van der Waals surface area contributed by atoms with E-state index >= 15 is 0 Å². The molecule has 0 fully saturated rings. The zero-order valence-corrected chi connectivity index (χ0v) is 8.95. The van der Waals surface area contributed by atoms with E-state index in [2.05, 4.69) is 4.74 Å². The van der Waals surface area contributed by atoms with Crippen molar-refractivity contribution in [2.45, 2.75) is 10.7 Å². The molecule has 0 saturated heterocycles. The van der Waals surface area contributed by atoms with E-state index in [-0.39, 0.29) is 12.2 Å². The van der Waals surface area contributed by atoms with E-state index in [1.54, 1.807) is 13.0 Å². The Morgan fingerprint density at radius 3 is 2.46 bits per heavy atom. The number of alkyl halides is 3. The summed E-state index contributed by atoms with van der Waals surface area (Å²) in [7, 11) is 0. The van der Waals surface area contributed by atoms with Crippen molar-refractivity contribution in [1.82, 2.24) is 0 Å². The van der Waals surface area contributed by atoms with E-state index in [0.717, 1.165) is 6.08 Å². The lowest BCUT2D eigenvalue weighted by atomic mass is 10.3. The number of ether oxygens (including phenoxy) is 1. The van der Waals surface area contributed by atoms with Crippen LogP contribution in [0.5, 0.6) is 0 Å². The molecule has 3 nitrogen and oxygen atoms in total. The molecule has 0 aliphatic heterocycles. The Morgan fingerprint density at radius 2 is 2.15 bits per heavy atom. The second kappa shape index (κ2) is 5.33. The summed E-state index contributed by atoms with van der Waals surface area (Å²) in [6.07, 6.45) is 0.912. The fourth-order valence-corrected chi connectivity index (χ4v) is 0.837. The molecule has 0 unspecified atom stereocenters. The van der Waals surface area contributed by atoms with Gasteiger partial charge in [-0.15, -0.1) is 0 Å². The molecule has 0 rings (SSSR count). The van der Waals surface area contributed by atoms with Crippen molar-refractivity contribution in [3.63, 3.8) is 0 Å². The number of halogens is 3. The first kappa shape index (κ1) is 12.6. The number of nitriles is 1. The lowest BCUT2D eigenvalue weighted by Gasteiger charge is -2.04. The van der Waals surface area contributed by atoms with Gasteiger partial charge >= 0.3 is 5.97 Å². The maximum Gasteiger partial charge on any atom is 0.348 e. The molecular weight excluding hydrogens is 236 g/mol. The van der Waals surface area contributed by atoms with E-state index in [4.69, 9.17) is 40.1 Å². The minimum Gasteiger partial charge on any atom is -0.462 e. The average molecular weight is 242 g/mol. The van der Waals surface area contributed by atoms with Crippen molar-refractivity contribution < 1.29 is 9.53 Å². The monoisotopic (exact) mass is 241 g/mol. The predicted octanol–water partition coefficient (Wildman–Crippen LogP) is 2.37. The van der Waals surface area contributed by atoms with Crippen LogP contribution in [0, 0.1) is 11.3 Å². The van der Waals surface area contributed by atoms with Crippen molar-refractivity contribution in [2.75, 3.05) is 6.61 Å². The Hall–Kier alpha value is -0.430. The highest BCUT2D eigenvalue weighted by atomic mass is 35.6. The number of carbonyl (C=O) groups is 1. The summed E-state index contributed by atoms with van der Waals surface area (Å²) >= 11 is 16.0. The summed E-state index contributed by atoms with van der Waals surface area (Å²) in [6.45, 7) is 1.78. The lowest BCUT2D eigenvalue weighted by molar-refractivity contribution is -0.138. The van der Waals surface area contributed by atoms with Gasteiger partial charge in [0, 0.05) is 0 Å². The van der Waals surface area contributed by atoms with Gasteiger partial charge in [0.15, 0.2) is 0 Å². The van der Waals surface area contributed by atoms with Gasteiger partial charge in [0.2, 0.25) is 3.79 Å². The van der Waals surface area contributed by atoms with E-state index in [1.807, 2.05) is 0 Å². The van der Waals surface area contributed by atoms with Crippen LogP contribution in [0.1, 0.15) is 6.92 Å². The first-order valence-electron chi connectivity index (χ1n) is 3.27. The third-order valence-corrected chi connectivity index (χ3v) is 1.25. The van der Waals surface area contributed by atoms with E-state index in [0.29, 0.717) is 0 Å². The maximum atomic E-state index is 11.0. The Morgan fingerprint density at radius 1 is 1.62 bits per heavy atom. The molecule has 0 bridgehead atoms. The number of esters is 1. The van der Waals surface area contributed by atoms with Gasteiger partial charge in [-0.3, -0.25) is 0 Å². The van der Waals surface area contributed by atoms with E-state index < -0.39 is 9.76 Å². The Kier molecular flexibility index (Phi) is 5.16. The number of rotatable bonds is 2. The van der Waals surface area contributed by atoms with Crippen LogP contribution in [0.3, 0.4) is 0 Å². The fourth-order valence-electron chi connectivity index (χ4n) is 0.509. The second-order valence-corrected chi connectivity index (χ2v) is 4.30. The van der Waals surface area contributed by atoms with Gasteiger partial charge in [0.05, 0.1) is 6.61 Å². The molecule has 0 atom stereocenters. The average Bonchev–Trinajstić information content (AvgIpc) is 1.99. The van der Waals surface area contributed by atoms with E-state index in [1.165, 1.54) is 0 Å². The maximum absolute atomic E-state index is 11.0. The zero-order valence-electron chi connectivity index (χ0n) is 6.68. The highest BCUT2D eigenvalue weighted by Gasteiger charge is 2.21. The van der Waals surface area contributed by atoms with E-state index in [9.17, 15) is 4.79 Å². The lowest BCUT2D eigenvalue weighted by Crippen LogP contribution is -2.09. The SMILES string of the molecule is CCOC(=O)/C(C#N)=C/C(Cl)(Cl)Cl. The first-order chi connectivity index (χ1) is 5.90. The van der Waals surface area contributed by atoms with Crippen LogP contribution >= 0.6 is 34.8 Å². The van der Waals surface area contributed by atoms with Gasteiger partial charge in [-0.1, -0.05) is 34.8 Å². The van der Waals surface area contributed by atoms with Crippen molar-refractivity contribution in [2.24, 2.45) is 0 Å². The molecule has 0 amide bonds. The molecule has 13 heavy (non-hydrogen) atoms. The zero-order chi connectivity index (χ0) is 10.5. The summed E-state index contributed by atoms with van der Waals surface area (Å²) in [5, 5.41) is 8.49. The van der Waals surface area contributed by atoms with Gasteiger partial charge in [0.1, 0.15) is 11.6 Å². The minimum atomic E-state index is -1.77. The molecule has 0 aromatic rings. The minimum absolute atomic E-state index is 0.164. The van der Waals surface area contributed by atoms with Crippen LogP contribution in [0.25, 0.3) is 0 Å².